The Morgan fingerprint density at radius 1 is 1.59 bits per heavy atom. The first-order valence-electron chi connectivity index (χ1n) is 6.41. The van der Waals surface area contributed by atoms with Gasteiger partial charge in [-0.1, -0.05) is 13.0 Å². The molecule has 0 aromatic rings. The van der Waals surface area contributed by atoms with Crippen LogP contribution < -0.4 is 10.6 Å². The van der Waals surface area contributed by atoms with Crippen molar-refractivity contribution in [3.05, 3.63) is 12.7 Å². The zero-order valence-electron chi connectivity index (χ0n) is 10.9. The Bertz CT molecular complexity index is 256. The van der Waals surface area contributed by atoms with E-state index in [2.05, 4.69) is 24.1 Å². The van der Waals surface area contributed by atoms with E-state index in [4.69, 9.17) is 4.74 Å². The van der Waals surface area contributed by atoms with Crippen molar-refractivity contribution in [2.24, 2.45) is 5.92 Å². The summed E-state index contributed by atoms with van der Waals surface area (Å²) < 4.78 is 5.39. The molecule has 17 heavy (non-hydrogen) atoms. The maximum absolute atomic E-state index is 12.0. The van der Waals surface area contributed by atoms with E-state index in [0.29, 0.717) is 13.2 Å². The summed E-state index contributed by atoms with van der Waals surface area (Å²) in [7, 11) is 0. The fraction of sp³-hybridized carbons (Fsp3) is 0.769. The van der Waals surface area contributed by atoms with Crippen LogP contribution in [0.3, 0.4) is 0 Å². The van der Waals surface area contributed by atoms with Gasteiger partial charge in [0.15, 0.2) is 0 Å². The van der Waals surface area contributed by atoms with E-state index in [1.165, 1.54) is 0 Å². The van der Waals surface area contributed by atoms with E-state index in [9.17, 15) is 4.79 Å². The largest absolute Gasteiger partial charge is 0.379 e. The third-order valence-corrected chi connectivity index (χ3v) is 2.98. The maximum atomic E-state index is 12.0. The summed E-state index contributed by atoms with van der Waals surface area (Å²) in [6, 6.07) is 0.304. The molecule has 0 aromatic carbocycles. The molecule has 3 atom stereocenters. The predicted molar refractivity (Wildman–Crippen MR) is 68.8 cm³/mol. The smallest absolute Gasteiger partial charge is 0.227 e. The van der Waals surface area contributed by atoms with Crippen LogP contribution in [-0.4, -0.2) is 37.7 Å². The molecule has 1 amide bonds. The van der Waals surface area contributed by atoms with Crippen molar-refractivity contribution in [2.45, 2.75) is 38.8 Å². The first-order chi connectivity index (χ1) is 8.19. The Balaban J connectivity index is 2.41. The lowest BCUT2D eigenvalue weighted by Gasteiger charge is -2.20. The molecule has 0 bridgehead atoms. The second kappa shape index (κ2) is 7.45. The molecule has 1 fully saturated rings. The van der Waals surface area contributed by atoms with Gasteiger partial charge in [-0.25, -0.2) is 0 Å². The van der Waals surface area contributed by atoms with E-state index < -0.39 is 0 Å². The molecule has 1 rings (SSSR count). The standard InChI is InChI=1S/C13H24N2O2/c1-4-6-10(3)15-13(16)11-8-17-9-12(11)14-7-5-2/h4,10-12,14H,1,5-9H2,2-3H3,(H,15,16). The van der Waals surface area contributed by atoms with E-state index >= 15 is 0 Å². The van der Waals surface area contributed by atoms with E-state index in [1.807, 2.05) is 13.0 Å². The molecule has 0 aromatic heterocycles. The molecular weight excluding hydrogens is 216 g/mol. The van der Waals surface area contributed by atoms with Crippen molar-refractivity contribution in [3.8, 4) is 0 Å². The second-order valence-electron chi connectivity index (χ2n) is 4.64. The summed E-state index contributed by atoms with van der Waals surface area (Å²) in [6.45, 7) is 9.86. The lowest BCUT2D eigenvalue weighted by molar-refractivity contribution is -0.126. The van der Waals surface area contributed by atoms with Crippen LogP contribution in [0.2, 0.25) is 0 Å². The molecule has 3 unspecified atom stereocenters. The van der Waals surface area contributed by atoms with Crippen LogP contribution in [0.1, 0.15) is 26.7 Å². The normalized spacial score (nSPS) is 25.5. The van der Waals surface area contributed by atoms with Gasteiger partial charge in [-0.3, -0.25) is 4.79 Å². The molecule has 98 valence electrons. The Morgan fingerprint density at radius 3 is 3.00 bits per heavy atom. The minimum absolute atomic E-state index is 0.0613. The van der Waals surface area contributed by atoms with Gasteiger partial charge < -0.3 is 15.4 Å². The Hall–Kier alpha value is -0.870. The monoisotopic (exact) mass is 240 g/mol. The number of hydrogen-bond acceptors (Lipinski definition) is 3. The molecule has 2 N–H and O–H groups in total. The van der Waals surface area contributed by atoms with E-state index in [1.54, 1.807) is 0 Å². The average Bonchev–Trinajstić information content (AvgIpc) is 2.74. The highest BCUT2D eigenvalue weighted by Crippen LogP contribution is 2.14. The van der Waals surface area contributed by atoms with Gasteiger partial charge in [0.25, 0.3) is 0 Å². The molecule has 0 spiro atoms. The van der Waals surface area contributed by atoms with Gasteiger partial charge in [0, 0.05) is 12.1 Å². The van der Waals surface area contributed by atoms with Gasteiger partial charge in [-0.15, -0.1) is 6.58 Å². The average molecular weight is 240 g/mol. The van der Waals surface area contributed by atoms with Crippen molar-refractivity contribution in [2.75, 3.05) is 19.8 Å². The molecule has 0 saturated carbocycles. The van der Waals surface area contributed by atoms with Crippen molar-refractivity contribution in [1.29, 1.82) is 0 Å². The van der Waals surface area contributed by atoms with Crippen molar-refractivity contribution in [1.82, 2.24) is 10.6 Å². The zero-order valence-corrected chi connectivity index (χ0v) is 10.9. The van der Waals surface area contributed by atoms with Crippen LogP contribution in [0.15, 0.2) is 12.7 Å². The highest BCUT2D eigenvalue weighted by Gasteiger charge is 2.33. The lowest BCUT2D eigenvalue weighted by atomic mass is 10.0. The first-order valence-corrected chi connectivity index (χ1v) is 6.41. The molecule has 4 nitrogen and oxygen atoms in total. The number of rotatable bonds is 7. The fourth-order valence-corrected chi connectivity index (χ4v) is 2.00. The Labute approximate surface area is 104 Å². The first kappa shape index (κ1) is 14.2. The van der Waals surface area contributed by atoms with Gasteiger partial charge in [0.05, 0.1) is 19.1 Å². The zero-order chi connectivity index (χ0) is 12.7. The number of amides is 1. The number of nitrogens with one attached hydrogen (secondary N) is 2. The Morgan fingerprint density at radius 2 is 2.35 bits per heavy atom. The number of carbonyl (C=O) groups excluding carboxylic acids is 1. The molecule has 0 aliphatic carbocycles. The SMILES string of the molecule is C=CCC(C)NC(=O)C1COCC1NCCC. The van der Waals surface area contributed by atoms with Crippen LogP contribution >= 0.6 is 0 Å². The quantitative estimate of drug-likeness (QED) is 0.655. The molecule has 1 saturated heterocycles. The minimum atomic E-state index is -0.0613. The molecule has 0 radical (unpaired) electrons. The second-order valence-corrected chi connectivity index (χ2v) is 4.64. The van der Waals surface area contributed by atoms with Gasteiger partial charge in [0.2, 0.25) is 5.91 Å². The maximum Gasteiger partial charge on any atom is 0.227 e. The van der Waals surface area contributed by atoms with Crippen LogP contribution in [0.25, 0.3) is 0 Å². The molecular formula is C13H24N2O2. The van der Waals surface area contributed by atoms with Gasteiger partial charge in [0.1, 0.15) is 0 Å². The topological polar surface area (TPSA) is 50.4 Å². The molecule has 4 heteroatoms. The minimum Gasteiger partial charge on any atom is -0.379 e. The van der Waals surface area contributed by atoms with Crippen LogP contribution in [-0.2, 0) is 9.53 Å². The Kier molecular flexibility index (Phi) is 6.22. The highest BCUT2D eigenvalue weighted by molar-refractivity contribution is 5.80. The summed E-state index contributed by atoms with van der Waals surface area (Å²) in [6.07, 6.45) is 3.69. The molecule has 1 aliphatic heterocycles. The van der Waals surface area contributed by atoms with Crippen molar-refractivity contribution >= 4 is 5.91 Å². The summed E-state index contributed by atoms with van der Waals surface area (Å²) >= 11 is 0. The van der Waals surface area contributed by atoms with Gasteiger partial charge >= 0.3 is 0 Å². The summed E-state index contributed by atoms with van der Waals surface area (Å²) in [5.74, 6) is 0.0271. The third kappa shape index (κ3) is 4.48. The fourth-order valence-electron chi connectivity index (χ4n) is 2.00. The molecule has 1 aliphatic rings. The number of ether oxygens (including phenoxy) is 1. The van der Waals surface area contributed by atoms with Crippen molar-refractivity contribution < 1.29 is 9.53 Å². The van der Waals surface area contributed by atoms with Crippen LogP contribution in [0, 0.1) is 5.92 Å². The van der Waals surface area contributed by atoms with E-state index in [0.717, 1.165) is 19.4 Å². The van der Waals surface area contributed by atoms with Gasteiger partial charge in [-0.05, 0) is 26.3 Å². The molecule has 1 heterocycles. The summed E-state index contributed by atoms with van der Waals surface area (Å²) in [5.41, 5.74) is 0. The van der Waals surface area contributed by atoms with Crippen LogP contribution in [0.5, 0.6) is 0 Å². The highest BCUT2D eigenvalue weighted by atomic mass is 16.5. The third-order valence-electron chi connectivity index (χ3n) is 2.98. The number of hydrogen-bond donors (Lipinski definition) is 2. The van der Waals surface area contributed by atoms with Crippen molar-refractivity contribution in [3.63, 3.8) is 0 Å². The number of carbonyl (C=O) groups is 1. The van der Waals surface area contributed by atoms with Gasteiger partial charge in [-0.2, -0.15) is 0 Å². The lowest BCUT2D eigenvalue weighted by Crippen LogP contribution is -2.46. The van der Waals surface area contributed by atoms with E-state index in [-0.39, 0.29) is 23.9 Å². The predicted octanol–water partition coefficient (Wildman–Crippen LogP) is 1.08. The summed E-state index contributed by atoms with van der Waals surface area (Å²) in [5, 5.41) is 6.36. The van der Waals surface area contributed by atoms with Crippen LogP contribution in [0.4, 0.5) is 0 Å². The summed E-state index contributed by atoms with van der Waals surface area (Å²) in [4.78, 5) is 12.0.